The Labute approximate surface area is 135 Å². The van der Waals surface area contributed by atoms with Gasteiger partial charge in [0.15, 0.2) is 9.84 Å². The predicted octanol–water partition coefficient (Wildman–Crippen LogP) is 1.10. The van der Waals surface area contributed by atoms with Crippen LogP contribution >= 0.6 is 0 Å². The zero-order valence-electron chi connectivity index (χ0n) is 12.7. The third-order valence-corrected chi connectivity index (χ3v) is 5.81. The van der Waals surface area contributed by atoms with Crippen molar-refractivity contribution in [3.05, 3.63) is 53.9 Å². The lowest BCUT2D eigenvalue weighted by atomic mass is 10.1. The summed E-state index contributed by atoms with van der Waals surface area (Å²) in [5.41, 5.74) is 1.57. The number of hydrogen-bond donors (Lipinski definition) is 1. The zero-order valence-corrected chi connectivity index (χ0v) is 13.5. The number of carbonyl (C=O) groups excluding carboxylic acids is 1. The van der Waals surface area contributed by atoms with Crippen molar-refractivity contribution in [1.29, 1.82) is 0 Å². The van der Waals surface area contributed by atoms with Crippen LogP contribution in [-0.4, -0.2) is 42.2 Å². The molecule has 1 aliphatic rings. The van der Waals surface area contributed by atoms with Gasteiger partial charge in [0.1, 0.15) is 0 Å². The Hall–Kier alpha value is -2.15. The maximum absolute atomic E-state index is 12.2. The van der Waals surface area contributed by atoms with E-state index in [1.165, 1.54) is 0 Å². The molecule has 1 aromatic heterocycles. The second-order valence-corrected chi connectivity index (χ2v) is 8.11. The van der Waals surface area contributed by atoms with Gasteiger partial charge in [0.05, 0.1) is 18.1 Å². The van der Waals surface area contributed by atoms with E-state index in [0.29, 0.717) is 25.1 Å². The van der Waals surface area contributed by atoms with Crippen molar-refractivity contribution < 1.29 is 13.2 Å². The first-order valence-electron chi connectivity index (χ1n) is 7.57. The third kappa shape index (κ3) is 4.19. The number of sulfone groups is 1. The molecular weight excluding hydrogens is 314 g/mol. The second kappa shape index (κ2) is 6.54. The first kappa shape index (κ1) is 15.7. The number of nitrogens with zero attached hydrogens (tertiary/aromatic N) is 2. The fourth-order valence-electron chi connectivity index (χ4n) is 2.76. The van der Waals surface area contributed by atoms with Gasteiger partial charge in [-0.15, -0.1) is 0 Å². The molecular formula is C16H19N3O3S. The number of rotatable bonds is 5. The fourth-order valence-corrected chi connectivity index (χ4v) is 4.63. The summed E-state index contributed by atoms with van der Waals surface area (Å²) < 4.78 is 24.7. The van der Waals surface area contributed by atoms with Crippen molar-refractivity contribution in [2.24, 2.45) is 5.92 Å². The van der Waals surface area contributed by atoms with Crippen molar-refractivity contribution in [2.75, 3.05) is 18.1 Å². The molecule has 122 valence electrons. The van der Waals surface area contributed by atoms with E-state index in [9.17, 15) is 13.2 Å². The molecule has 1 saturated heterocycles. The summed E-state index contributed by atoms with van der Waals surface area (Å²) in [6.07, 6.45) is 4.21. The summed E-state index contributed by atoms with van der Waals surface area (Å²) in [6, 6.07) is 9.23. The van der Waals surface area contributed by atoms with E-state index in [4.69, 9.17) is 0 Å². The number of nitrogens with one attached hydrogen (secondary N) is 1. The highest BCUT2D eigenvalue weighted by Crippen LogP contribution is 2.17. The Balaban J connectivity index is 1.59. The van der Waals surface area contributed by atoms with Crippen LogP contribution in [0.15, 0.2) is 42.7 Å². The average Bonchev–Trinajstić information content (AvgIpc) is 3.14. The Morgan fingerprint density at radius 3 is 2.91 bits per heavy atom. The molecule has 1 N–H and O–H groups in total. The second-order valence-electron chi connectivity index (χ2n) is 5.88. The molecule has 1 amide bonds. The summed E-state index contributed by atoms with van der Waals surface area (Å²) in [6.45, 7) is 1.01. The van der Waals surface area contributed by atoms with E-state index in [2.05, 4.69) is 10.4 Å². The molecule has 1 fully saturated rings. The topological polar surface area (TPSA) is 81.1 Å². The SMILES string of the molecule is O=C(NC[C@H]1CCS(=O)(=O)C1)c1cccc(Cn2cccn2)c1. The molecule has 2 heterocycles. The van der Waals surface area contributed by atoms with Crippen LogP contribution in [0.5, 0.6) is 0 Å². The average molecular weight is 333 g/mol. The molecule has 7 heteroatoms. The van der Waals surface area contributed by atoms with Gasteiger partial charge in [0.2, 0.25) is 0 Å². The van der Waals surface area contributed by atoms with Crippen LogP contribution in [-0.2, 0) is 16.4 Å². The Bertz CT molecular complexity index is 785. The fraction of sp³-hybridized carbons (Fsp3) is 0.375. The lowest BCUT2D eigenvalue weighted by Crippen LogP contribution is -2.29. The molecule has 0 spiro atoms. The van der Waals surface area contributed by atoms with Crippen LogP contribution in [0.4, 0.5) is 0 Å². The maximum Gasteiger partial charge on any atom is 0.251 e. The standard InChI is InChI=1S/C16H19N3O3S/c20-16(17-10-14-5-8-23(21,22)12-14)15-4-1-3-13(9-15)11-19-7-2-6-18-19/h1-4,6-7,9,14H,5,8,10-12H2,(H,17,20)/t14-/m1/s1. The third-order valence-electron chi connectivity index (χ3n) is 3.97. The highest BCUT2D eigenvalue weighted by atomic mass is 32.2. The van der Waals surface area contributed by atoms with Crippen molar-refractivity contribution in [2.45, 2.75) is 13.0 Å². The first-order chi connectivity index (χ1) is 11.0. The van der Waals surface area contributed by atoms with Gasteiger partial charge in [0, 0.05) is 24.5 Å². The largest absolute Gasteiger partial charge is 0.352 e. The molecule has 0 radical (unpaired) electrons. The molecule has 23 heavy (non-hydrogen) atoms. The molecule has 1 atom stereocenters. The Morgan fingerprint density at radius 2 is 2.22 bits per heavy atom. The maximum atomic E-state index is 12.2. The molecule has 2 aromatic rings. The zero-order chi connectivity index (χ0) is 16.3. The number of carbonyl (C=O) groups is 1. The van der Waals surface area contributed by atoms with Gasteiger partial charge in [-0.2, -0.15) is 5.10 Å². The Kier molecular flexibility index (Phi) is 4.47. The summed E-state index contributed by atoms with van der Waals surface area (Å²) >= 11 is 0. The van der Waals surface area contributed by atoms with Crippen LogP contribution in [0.3, 0.4) is 0 Å². The van der Waals surface area contributed by atoms with Crippen molar-refractivity contribution in [3.8, 4) is 0 Å². The molecule has 1 aromatic carbocycles. The van der Waals surface area contributed by atoms with E-state index in [1.807, 2.05) is 30.5 Å². The molecule has 0 bridgehead atoms. The van der Waals surface area contributed by atoms with E-state index >= 15 is 0 Å². The van der Waals surface area contributed by atoms with E-state index in [0.717, 1.165) is 5.56 Å². The smallest absolute Gasteiger partial charge is 0.251 e. The highest BCUT2D eigenvalue weighted by Gasteiger charge is 2.27. The van der Waals surface area contributed by atoms with Crippen LogP contribution < -0.4 is 5.32 Å². The summed E-state index contributed by atoms with van der Waals surface area (Å²) in [5.74, 6) is 0.257. The van der Waals surface area contributed by atoms with Gasteiger partial charge < -0.3 is 5.32 Å². The first-order valence-corrected chi connectivity index (χ1v) is 9.39. The van der Waals surface area contributed by atoms with Gasteiger partial charge in [-0.25, -0.2) is 8.42 Å². The number of hydrogen-bond acceptors (Lipinski definition) is 4. The number of aromatic nitrogens is 2. The highest BCUT2D eigenvalue weighted by molar-refractivity contribution is 7.91. The van der Waals surface area contributed by atoms with Gasteiger partial charge in [0.25, 0.3) is 5.91 Å². The summed E-state index contributed by atoms with van der Waals surface area (Å²) in [4.78, 5) is 12.2. The lowest BCUT2D eigenvalue weighted by Gasteiger charge is -2.10. The molecule has 0 aliphatic carbocycles. The summed E-state index contributed by atoms with van der Waals surface area (Å²) in [7, 11) is -2.90. The normalized spacial score (nSPS) is 19.6. The van der Waals surface area contributed by atoms with Crippen molar-refractivity contribution in [1.82, 2.24) is 15.1 Å². The van der Waals surface area contributed by atoms with E-state index < -0.39 is 9.84 Å². The van der Waals surface area contributed by atoms with Crippen LogP contribution in [0.1, 0.15) is 22.3 Å². The number of amides is 1. The summed E-state index contributed by atoms with van der Waals surface area (Å²) in [5, 5.41) is 6.99. The Morgan fingerprint density at radius 1 is 1.35 bits per heavy atom. The van der Waals surface area contributed by atoms with Crippen LogP contribution in [0, 0.1) is 5.92 Å². The lowest BCUT2D eigenvalue weighted by molar-refractivity contribution is 0.0948. The molecule has 6 nitrogen and oxygen atoms in total. The molecule has 1 aliphatic heterocycles. The van der Waals surface area contributed by atoms with Gasteiger partial charge in [-0.3, -0.25) is 9.48 Å². The minimum absolute atomic E-state index is 0.0243. The minimum Gasteiger partial charge on any atom is -0.352 e. The monoisotopic (exact) mass is 333 g/mol. The van der Waals surface area contributed by atoms with Crippen molar-refractivity contribution >= 4 is 15.7 Å². The molecule has 3 rings (SSSR count). The molecule has 0 unspecified atom stereocenters. The van der Waals surface area contributed by atoms with Crippen LogP contribution in [0.25, 0.3) is 0 Å². The van der Waals surface area contributed by atoms with Gasteiger partial charge >= 0.3 is 0 Å². The van der Waals surface area contributed by atoms with Crippen LogP contribution in [0.2, 0.25) is 0 Å². The van der Waals surface area contributed by atoms with Gasteiger partial charge in [-0.05, 0) is 36.1 Å². The van der Waals surface area contributed by atoms with E-state index in [-0.39, 0.29) is 23.3 Å². The quantitative estimate of drug-likeness (QED) is 0.888. The van der Waals surface area contributed by atoms with Gasteiger partial charge in [-0.1, -0.05) is 12.1 Å². The predicted molar refractivity (Wildman–Crippen MR) is 86.9 cm³/mol. The molecule has 0 saturated carbocycles. The minimum atomic E-state index is -2.90. The van der Waals surface area contributed by atoms with Crippen molar-refractivity contribution in [3.63, 3.8) is 0 Å². The number of benzene rings is 1. The van der Waals surface area contributed by atoms with E-state index in [1.54, 1.807) is 16.9 Å².